The molecule has 1 heterocycles. The normalized spacial score (nSPS) is 10.7. The molecule has 0 saturated heterocycles. The van der Waals surface area contributed by atoms with Crippen molar-refractivity contribution in [1.82, 2.24) is 10.3 Å². The highest BCUT2D eigenvalue weighted by Crippen LogP contribution is 2.33. The molecule has 0 aliphatic rings. The number of aromatic nitrogens is 1. The standard InChI is InChI=1S/C28H20ClN3O4S/c29-19-9-12-25-23(14-19)31-27(36-25)22-15-20(10-11-24(22)33)30-28(37)32-26(34)18-7-4-8-21(13-18)35-16-17-5-2-1-3-6-17/h1-15,33H,16H2,(H2,30,32,34,37). The third-order valence-corrected chi connectivity index (χ3v) is 5.85. The van der Waals surface area contributed by atoms with Crippen molar-refractivity contribution in [2.75, 3.05) is 5.32 Å². The Morgan fingerprint density at radius 3 is 2.68 bits per heavy atom. The second kappa shape index (κ2) is 10.7. The van der Waals surface area contributed by atoms with Gasteiger partial charge in [-0.3, -0.25) is 10.1 Å². The van der Waals surface area contributed by atoms with Crippen LogP contribution in [0.15, 0.2) is 95.4 Å². The highest BCUT2D eigenvalue weighted by atomic mass is 35.5. The van der Waals surface area contributed by atoms with Crippen molar-refractivity contribution in [2.24, 2.45) is 0 Å². The summed E-state index contributed by atoms with van der Waals surface area (Å²) in [6.07, 6.45) is 0. The van der Waals surface area contributed by atoms with Crippen molar-refractivity contribution in [2.45, 2.75) is 6.61 Å². The summed E-state index contributed by atoms with van der Waals surface area (Å²) in [5.74, 6) is 0.377. The number of nitrogens with zero attached hydrogens (tertiary/aromatic N) is 1. The highest BCUT2D eigenvalue weighted by Gasteiger charge is 2.15. The van der Waals surface area contributed by atoms with Gasteiger partial charge in [-0.15, -0.1) is 0 Å². The number of rotatable bonds is 6. The molecule has 0 fully saturated rings. The van der Waals surface area contributed by atoms with Crippen molar-refractivity contribution in [1.29, 1.82) is 0 Å². The number of hydrogen-bond donors (Lipinski definition) is 3. The lowest BCUT2D eigenvalue weighted by atomic mass is 10.1. The highest BCUT2D eigenvalue weighted by molar-refractivity contribution is 7.80. The van der Waals surface area contributed by atoms with Crippen molar-refractivity contribution in [3.8, 4) is 23.0 Å². The minimum absolute atomic E-state index is 0.0227. The van der Waals surface area contributed by atoms with Gasteiger partial charge in [0.25, 0.3) is 5.91 Å². The molecule has 0 aliphatic carbocycles. The number of ether oxygens (including phenoxy) is 1. The van der Waals surface area contributed by atoms with Gasteiger partial charge >= 0.3 is 0 Å². The predicted molar refractivity (Wildman–Crippen MR) is 147 cm³/mol. The van der Waals surface area contributed by atoms with Gasteiger partial charge in [0, 0.05) is 16.3 Å². The van der Waals surface area contributed by atoms with Gasteiger partial charge < -0.3 is 19.6 Å². The molecule has 0 radical (unpaired) electrons. The van der Waals surface area contributed by atoms with E-state index in [0.717, 1.165) is 5.56 Å². The van der Waals surface area contributed by atoms with Crippen molar-refractivity contribution in [3.05, 3.63) is 107 Å². The number of hydrogen-bond acceptors (Lipinski definition) is 6. The summed E-state index contributed by atoms with van der Waals surface area (Å²) in [5.41, 5.74) is 3.41. The molecule has 0 atom stereocenters. The number of phenols is 1. The van der Waals surface area contributed by atoms with E-state index in [1.807, 2.05) is 30.3 Å². The van der Waals surface area contributed by atoms with Crippen LogP contribution in [0.25, 0.3) is 22.6 Å². The van der Waals surface area contributed by atoms with E-state index in [-0.39, 0.29) is 16.8 Å². The molecule has 3 N–H and O–H groups in total. The first-order valence-electron chi connectivity index (χ1n) is 11.2. The van der Waals surface area contributed by atoms with Crippen LogP contribution in [0.4, 0.5) is 5.69 Å². The van der Waals surface area contributed by atoms with Crippen LogP contribution < -0.4 is 15.4 Å². The maximum absolute atomic E-state index is 12.8. The van der Waals surface area contributed by atoms with E-state index in [9.17, 15) is 9.90 Å². The molecule has 1 amide bonds. The lowest BCUT2D eigenvalue weighted by molar-refractivity contribution is 0.0977. The van der Waals surface area contributed by atoms with Crippen LogP contribution in [0.5, 0.6) is 11.5 Å². The molecule has 5 aromatic rings. The van der Waals surface area contributed by atoms with Crippen LogP contribution in [-0.4, -0.2) is 21.1 Å². The topological polar surface area (TPSA) is 96.6 Å². The zero-order valence-electron chi connectivity index (χ0n) is 19.3. The monoisotopic (exact) mass is 529 g/mol. The molecule has 184 valence electrons. The molecule has 5 rings (SSSR count). The molecular weight excluding hydrogens is 510 g/mol. The van der Waals surface area contributed by atoms with Gasteiger partial charge in [-0.1, -0.05) is 48.0 Å². The summed E-state index contributed by atoms with van der Waals surface area (Å²) in [7, 11) is 0. The number of nitrogens with one attached hydrogen (secondary N) is 2. The van der Waals surface area contributed by atoms with E-state index in [1.54, 1.807) is 54.6 Å². The van der Waals surface area contributed by atoms with Gasteiger partial charge in [-0.2, -0.15) is 0 Å². The van der Waals surface area contributed by atoms with Crippen LogP contribution in [0, 0.1) is 0 Å². The fourth-order valence-corrected chi connectivity index (χ4v) is 3.98. The van der Waals surface area contributed by atoms with Gasteiger partial charge in [-0.25, -0.2) is 4.98 Å². The van der Waals surface area contributed by atoms with Crippen molar-refractivity contribution >= 4 is 51.6 Å². The Labute approximate surface area is 222 Å². The number of halogens is 1. The van der Waals surface area contributed by atoms with E-state index in [4.69, 9.17) is 33.0 Å². The van der Waals surface area contributed by atoms with E-state index in [1.165, 1.54) is 6.07 Å². The Morgan fingerprint density at radius 1 is 1.00 bits per heavy atom. The molecule has 1 aromatic heterocycles. The SMILES string of the molecule is O=C(NC(=S)Nc1ccc(O)c(-c2nc3cc(Cl)ccc3o2)c1)c1cccc(OCc2ccccc2)c1. The van der Waals surface area contributed by atoms with E-state index in [0.29, 0.717) is 45.3 Å². The van der Waals surface area contributed by atoms with E-state index in [2.05, 4.69) is 15.6 Å². The smallest absolute Gasteiger partial charge is 0.257 e. The lowest BCUT2D eigenvalue weighted by Crippen LogP contribution is -2.34. The molecule has 0 unspecified atom stereocenters. The summed E-state index contributed by atoms with van der Waals surface area (Å²) >= 11 is 11.4. The number of carbonyl (C=O) groups excluding carboxylic acids is 1. The van der Waals surface area contributed by atoms with Crippen LogP contribution in [0.1, 0.15) is 15.9 Å². The van der Waals surface area contributed by atoms with Gasteiger partial charge in [0.15, 0.2) is 10.7 Å². The van der Waals surface area contributed by atoms with Crippen LogP contribution in [0.2, 0.25) is 5.02 Å². The first-order chi connectivity index (χ1) is 17.9. The summed E-state index contributed by atoms with van der Waals surface area (Å²) in [5, 5.41) is 16.6. The summed E-state index contributed by atoms with van der Waals surface area (Å²) in [6, 6.07) is 26.4. The second-order valence-corrected chi connectivity index (χ2v) is 8.92. The summed E-state index contributed by atoms with van der Waals surface area (Å²) in [6.45, 7) is 0.391. The quantitative estimate of drug-likeness (QED) is 0.169. The number of fused-ring (bicyclic) bond motifs is 1. The maximum Gasteiger partial charge on any atom is 0.257 e. The first-order valence-corrected chi connectivity index (χ1v) is 12.0. The van der Waals surface area contributed by atoms with E-state index >= 15 is 0 Å². The Bertz CT molecular complexity index is 1600. The number of carbonyl (C=O) groups is 1. The third kappa shape index (κ3) is 5.88. The summed E-state index contributed by atoms with van der Waals surface area (Å²) in [4.78, 5) is 17.2. The Kier molecular flexibility index (Phi) is 7.02. The molecule has 0 spiro atoms. The number of aromatic hydroxyl groups is 1. The van der Waals surface area contributed by atoms with Crippen molar-refractivity contribution < 1.29 is 19.1 Å². The third-order valence-electron chi connectivity index (χ3n) is 5.41. The number of anilines is 1. The number of amides is 1. The molecule has 0 aliphatic heterocycles. The Hall–Kier alpha value is -4.40. The number of oxazole rings is 1. The molecule has 0 bridgehead atoms. The van der Waals surface area contributed by atoms with Crippen LogP contribution in [0.3, 0.4) is 0 Å². The van der Waals surface area contributed by atoms with Crippen molar-refractivity contribution in [3.63, 3.8) is 0 Å². The number of thiocarbonyl (C=S) groups is 1. The fourth-order valence-electron chi connectivity index (χ4n) is 3.61. The van der Waals surface area contributed by atoms with Gasteiger partial charge in [-0.05, 0) is 72.4 Å². The first kappa shape index (κ1) is 24.3. The molecule has 0 saturated carbocycles. The number of benzene rings is 4. The number of phenolic OH excluding ortho intramolecular Hbond substituents is 1. The molecular formula is C28H20ClN3O4S. The molecule has 4 aromatic carbocycles. The Morgan fingerprint density at radius 2 is 1.84 bits per heavy atom. The van der Waals surface area contributed by atoms with Gasteiger partial charge in [0.2, 0.25) is 5.89 Å². The predicted octanol–water partition coefficient (Wildman–Crippen LogP) is 6.56. The Balaban J connectivity index is 1.25. The maximum atomic E-state index is 12.8. The van der Waals surface area contributed by atoms with Crippen LogP contribution in [-0.2, 0) is 6.61 Å². The van der Waals surface area contributed by atoms with E-state index < -0.39 is 5.91 Å². The lowest BCUT2D eigenvalue weighted by Gasteiger charge is -2.12. The zero-order valence-corrected chi connectivity index (χ0v) is 20.8. The molecule has 37 heavy (non-hydrogen) atoms. The minimum atomic E-state index is -0.391. The van der Waals surface area contributed by atoms with Gasteiger partial charge in [0.05, 0.1) is 5.56 Å². The summed E-state index contributed by atoms with van der Waals surface area (Å²) < 4.78 is 11.6. The molecule has 9 heteroatoms. The minimum Gasteiger partial charge on any atom is -0.507 e. The fraction of sp³-hybridized carbons (Fsp3) is 0.0357. The largest absolute Gasteiger partial charge is 0.507 e. The zero-order chi connectivity index (χ0) is 25.8. The van der Waals surface area contributed by atoms with Gasteiger partial charge in [0.1, 0.15) is 23.6 Å². The second-order valence-electron chi connectivity index (χ2n) is 8.07. The average molecular weight is 530 g/mol. The molecule has 7 nitrogen and oxygen atoms in total. The van der Waals surface area contributed by atoms with Crippen LogP contribution >= 0.6 is 23.8 Å². The average Bonchev–Trinajstić information content (AvgIpc) is 3.32.